The van der Waals surface area contributed by atoms with Gasteiger partial charge >= 0.3 is 0 Å². The minimum atomic E-state index is -0.434. The van der Waals surface area contributed by atoms with Gasteiger partial charge in [-0.15, -0.1) is 5.10 Å². The van der Waals surface area contributed by atoms with E-state index in [1.165, 1.54) is 37.1 Å². The molecule has 5 aromatic rings. The fourth-order valence-corrected chi connectivity index (χ4v) is 3.57. The summed E-state index contributed by atoms with van der Waals surface area (Å²) in [5.74, 6) is -0.329. The molecule has 1 unspecified atom stereocenters. The molecule has 0 amide bonds. The Morgan fingerprint density at radius 2 is 1.93 bits per heavy atom. The first kappa shape index (κ1) is 18.0. The minimum Gasteiger partial charge on any atom is -0.362 e. The molecule has 1 atom stereocenters. The summed E-state index contributed by atoms with van der Waals surface area (Å²) in [6, 6.07) is 8.71. The second kappa shape index (κ2) is 7.11. The van der Waals surface area contributed by atoms with Crippen LogP contribution in [0.5, 0.6) is 0 Å². The Morgan fingerprint density at radius 3 is 2.80 bits per heavy atom. The normalized spacial score (nSPS) is 12.4. The van der Waals surface area contributed by atoms with Gasteiger partial charge in [0.15, 0.2) is 11.5 Å². The topological polar surface area (TPSA) is 92.3 Å². The smallest absolute Gasteiger partial charge is 0.162 e. The number of fused-ring (bicyclic) bond motifs is 2. The lowest BCUT2D eigenvalue weighted by molar-refractivity contribution is 0.628. The van der Waals surface area contributed by atoms with Crippen molar-refractivity contribution in [3.8, 4) is 11.1 Å². The van der Waals surface area contributed by atoms with Crippen LogP contribution in [0.15, 0.2) is 55.2 Å². The summed E-state index contributed by atoms with van der Waals surface area (Å²) in [6.07, 6.45) is 4.37. The number of benzene rings is 2. The van der Waals surface area contributed by atoms with Gasteiger partial charge in [-0.1, -0.05) is 12.1 Å². The lowest BCUT2D eigenvalue weighted by Gasteiger charge is -2.20. The van der Waals surface area contributed by atoms with E-state index in [2.05, 4.69) is 35.5 Å². The Morgan fingerprint density at radius 1 is 1.03 bits per heavy atom. The van der Waals surface area contributed by atoms with E-state index in [0.717, 1.165) is 0 Å². The van der Waals surface area contributed by atoms with Crippen LogP contribution in [0.25, 0.3) is 33.2 Å². The van der Waals surface area contributed by atoms with Crippen LogP contribution in [0.2, 0.25) is 0 Å². The highest BCUT2D eigenvalue weighted by molar-refractivity contribution is 5.96. The third kappa shape index (κ3) is 3.00. The number of aromatic amines is 1. The third-order valence-electron chi connectivity index (χ3n) is 4.94. The maximum atomic E-state index is 14.9. The molecule has 7 nitrogen and oxygen atoms in total. The predicted molar refractivity (Wildman–Crippen MR) is 109 cm³/mol. The number of anilines is 1. The van der Waals surface area contributed by atoms with Gasteiger partial charge in [0.25, 0.3) is 0 Å². The van der Waals surface area contributed by atoms with E-state index < -0.39 is 17.7 Å². The van der Waals surface area contributed by atoms with E-state index in [1.807, 2.05) is 6.92 Å². The molecule has 0 saturated heterocycles. The Labute approximate surface area is 169 Å². The molecule has 0 aliphatic carbocycles. The molecule has 3 aromatic heterocycles. The van der Waals surface area contributed by atoms with Crippen molar-refractivity contribution in [3.63, 3.8) is 0 Å². The molecule has 0 spiro atoms. The second-order valence-electron chi connectivity index (χ2n) is 6.81. The zero-order valence-corrected chi connectivity index (χ0v) is 15.8. The van der Waals surface area contributed by atoms with E-state index in [1.54, 1.807) is 18.2 Å². The molecule has 3 heterocycles. The molecular weight excluding hydrogens is 388 g/mol. The molecular formula is C21H15F2N7. The number of halogens is 2. The number of imidazole rings is 1. The number of hydrogen-bond acceptors (Lipinski definition) is 6. The predicted octanol–water partition coefficient (Wildman–Crippen LogP) is 4.41. The van der Waals surface area contributed by atoms with Gasteiger partial charge < -0.3 is 10.3 Å². The number of nitrogens with zero attached hydrogens (tertiary/aromatic N) is 5. The van der Waals surface area contributed by atoms with E-state index in [9.17, 15) is 8.78 Å². The van der Waals surface area contributed by atoms with Crippen LogP contribution in [-0.2, 0) is 0 Å². The highest BCUT2D eigenvalue weighted by atomic mass is 19.1. The summed E-state index contributed by atoms with van der Waals surface area (Å²) in [6.45, 7) is 1.86. The quantitative estimate of drug-likeness (QED) is 0.462. The highest BCUT2D eigenvalue weighted by Gasteiger charge is 2.21. The van der Waals surface area contributed by atoms with Crippen LogP contribution in [0, 0.1) is 11.6 Å². The van der Waals surface area contributed by atoms with Crippen molar-refractivity contribution < 1.29 is 8.78 Å². The number of H-pyrrole nitrogens is 1. The molecule has 9 heteroatoms. The molecule has 0 aliphatic rings. The van der Waals surface area contributed by atoms with E-state index in [4.69, 9.17) is 0 Å². The minimum absolute atomic E-state index is 0.317. The first-order valence-corrected chi connectivity index (χ1v) is 9.22. The molecule has 5 rings (SSSR count). The summed E-state index contributed by atoms with van der Waals surface area (Å²) >= 11 is 0. The number of hydrogen-bond donors (Lipinski definition) is 2. The van der Waals surface area contributed by atoms with Crippen molar-refractivity contribution in [2.75, 3.05) is 5.32 Å². The van der Waals surface area contributed by atoms with Crippen molar-refractivity contribution >= 4 is 27.9 Å². The van der Waals surface area contributed by atoms with Gasteiger partial charge in [0.05, 0.1) is 18.6 Å². The highest BCUT2D eigenvalue weighted by Crippen LogP contribution is 2.37. The van der Waals surface area contributed by atoms with Crippen molar-refractivity contribution in [3.05, 3.63) is 72.4 Å². The number of rotatable bonds is 4. The lowest BCUT2D eigenvalue weighted by atomic mass is 9.92. The van der Waals surface area contributed by atoms with Crippen LogP contribution in [0.1, 0.15) is 18.5 Å². The molecule has 0 radical (unpaired) electrons. The van der Waals surface area contributed by atoms with Gasteiger partial charge in [-0.05, 0) is 42.3 Å². The van der Waals surface area contributed by atoms with Crippen molar-refractivity contribution in [2.45, 2.75) is 13.0 Å². The zero-order chi connectivity index (χ0) is 20.7. The average Bonchev–Trinajstić information content (AvgIpc) is 3.23. The Balaban J connectivity index is 1.70. The molecule has 2 N–H and O–H groups in total. The molecule has 30 heavy (non-hydrogen) atoms. The van der Waals surface area contributed by atoms with Gasteiger partial charge in [-0.2, -0.15) is 5.10 Å². The SMILES string of the molecule is CC(Nc1ncnc2[nH]cnc12)c1cc(F)c2ccnnc2c1-c1cccc(F)c1. The van der Waals surface area contributed by atoms with Crippen LogP contribution in [0.3, 0.4) is 0 Å². The summed E-state index contributed by atoms with van der Waals surface area (Å²) in [5, 5.41) is 11.7. The van der Waals surface area contributed by atoms with Crippen molar-refractivity contribution in [2.24, 2.45) is 0 Å². The van der Waals surface area contributed by atoms with Crippen LogP contribution in [-0.4, -0.2) is 30.1 Å². The molecule has 148 valence electrons. The Kier molecular flexibility index (Phi) is 4.27. The summed E-state index contributed by atoms with van der Waals surface area (Å²) < 4.78 is 28.9. The van der Waals surface area contributed by atoms with Gasteiger partial charge in [0.1, 0.15) is 29.0 Å². The lowest BCUT2D eigenvalue weighted by Crippen LogP contribution is -2.11. The monoisotopic (exact) mass is 403 g/mol. The molecule has 0 saturated carbocycles. The maximum Gasteiger partial charge on any atom is 0.162 e. The van der Waals surface area contributed by atoms with Gasteiger partial charge in [0, 0.05) is 10.9 Å². The second-order valence-corrected chi connectivity index (χ2v) is 6.81. The fourth-order valence-electron chi connectivity index (χ4n) is 3.57. The summed E-state index contributed by atoms with van der Waals surface area (Å²) in [7, 11) is 0. The number of nitrogens with one attached hydrogen (secondary N) is 2. The van der Waals surface area contributed by atoms with Crippen LogP contribution in [0.4, 0.5) is 14.6 Å². The van der Waals surface area contributed by atoms with Crippen molar-refractivity contribution in [1.82, 2.24) is 30.1 Å². The third-order valence-corrected chi connectivity index (χ3v) is 4.94. The Bertz CT molecular complexity index is 1380. The van der Waals surface area contributed by atoms with Crippen molar-refractivity contribution in [1.29, 1.82) is 0 Å². The van der Waals surface area contributed by atoms with Crippen LogP contribution >= 0.6 is 0 Å². The molecule has 0 bridgehead atoms. The van der Waals surface area contributed by atoms with E-state index in [0.29, 0.717) is 44.6 Å². The number of aromatic nitrogens is 6. The van der Waals surface area contributed by atoms with Gasteiger partial charge in [-0.25, -0.2) is 23.7 Å². The fraction of sp³-hybridized carbons (Fsp3) is 0.0952. The summed E-state index contributed by atoms with van der Waals surface area (Å²) in [4.78, 5) is 15.5. The molecule has 0 aliphatic heterocycles. The van der Waals surface area contributed by atoms with E-state index >= 15 is 0 Å². The van der Waals surface area contributed by atoms with Gasteiger partial charge in [0.2, 0.25) is 0 Å². The maximum absolute atomic E-state index is 14.9. The summed E-state index contributed by atoms with van der Waals surface area (Å²) in [5.41, 5.74) is 3.29. The first-order chi connectivity index (χ1) is 14.6. The average molecular weight is 403 g/mol. The molecule has 2 aromatic carbocycles. The van der Waals surface area contributed by atoms with E-state index in [-0.39, 0.29) is 0 Å². The first-order valence-electron chi connectivity index (χ1n) is 9.22. The van der Waals surface area contributed by atoms with Gasteiger partial charge in [-0.3, -0.25) is 0 Å². The largest absolute Gasteiger partial charge is 0.362 e. The Hall–Kier alpha value is -4.01. The van der Waals surface area contributed by atoms with Crippen LogP contribution < -0.4 is 5.32 Å². The zero-order valence-electron chi connectivity index (χ0n) is 15.8. The standard InChI is InChI=1S/C21H15F2N7/c1-11(29-21-19-20(25-9-24-19)26-10-27-21)15-8-16(23)14-5-6-28-30-18(14)17(15)12-3-2-4-13(22)7-12/h2-11H,1H3,(H2,24,25,26,27,29). The molecule has 0 fully saturated rings.